The Balaban J connectivity index is 2.41. The minimum atomic E-state index is -1.04. The van der Waals surface area contributed by atoms with Crippen LogP contribution in [0, 0.1) is 11.8 Å². The van der Waals surface area contributed by atoms with Crippen molar-refractivity contribution < 1.29 is 29.3 Å². The molecule has 1 fully saturated rings. The summed E-state index contributed by atoms with van der Waals surface area (Å²) >= 11 is 0. The van der Waals surface area contributed by atoms with Crippen LogP contribution in [0.1, 0.15) is 123 Å². The normalized spacial score (nSPS) is 15.6. The molecule has 3 atom stereocenters. The molecule has 2 N–H and O–H groups in total. The van der Waals surface area contributed by atoms with E-state index in [-0.39, 0.29) is 18.4 Å². The summed E-state index contributed by atoms with van der Waals surface area (Å²) in [6.07, 6.45) is 21.1. The van der Waals surface area contributed by atoms with Crippen LogP contribution in [0.2, 0.25) is 0 Å². The van der Waals surface area contributed by atoms with Crippen molar-refractivity contribution in [1.82, 2.24) is 0 Å². The van der Waals surface area contributed by atoms with Crippen LogP contribution in [0.3, 0.4) is 0 Å². The molecule has 1 aliphatic rings. The van der Waals surface area contributed by atoms with Crippen molar-refractivity contribution in [2.24, 2.45) is 11.8 Å². The third-order valence-electron chi connectivity index (χ3n) is 7.04. The van der Waals surface area contributed by atoms with Gasteiger partial charge in [0.2, 0.25) is 0 Å². The summed E-state index contributed by atoms with van der Waals surface area (Å²) < 4.78 is 11.5. The Kier molecular flexibility index (Phi) is 18.1. The van der Waals surface area contributed by atoms with Crippen LogP contribution in [0.25, 0.3) is 0 Å². The monoisotopic (exact) mass is 508 g/mol. The molecule has 0 radical (unpaired) electrons. The fourth-order valence-electron chi connectivity index (χ4n) is 4.66. The third kappa shape index (κ3) is 15.3. The van der Waals surface area contributed by atoms with Gasteiger partial charge in [0, 0.05) is 13.5 Å². The van der Waals surface area contributed by atoms with E-state index in [4.69, 9.17) is 9.47 Å². The molecule has 0 amide bonds. The van der Waals surface area contributed by atoms with Gasteiger partial charge in [-0.3, -0.25) is 9.59 Å². The highest BCUT2D eigenvalue weighted by Crippen LogP contribution is 2.35. The topological polar surface area (TPSA) is 93.1 Å². The summed E-state index contributed by atoms with van der Waals surface area (Å²) in [5.74, 6) is -1.92. The van der Waals surface area contributed by atoms with Gasteiger partial charge in [-0.05, 0) is 56.4 Å². The van der Waals surface area contributed by atoms with Gasteiger partial charge < -0.3 is 19.7 Å². The van der Waals surface area contributed by atoms with E-state index in [0.717, 1.165) is 70.6 Å². The fraction of sp³-hybridized carbons (Fsp3) is 0.800. The van der Waals surface area contributed by atoms with Gasteiger partial charge >= 0.3 is 11.9 Å². The highest BCUT2D eigenvalue weighted by molar-refractivity contribution is 5.78. The summed E-state index contributed by atoms with van der Waals surface area (Å²) in [5.41, 5.74) is 1.47. The average molecular weight is 509 g/mol. The van der Waals surface area contributed by atoms with Crippen molar-refractivity contribution in [1.29, 1.82) is 0 Å². The number of carboxylic acids is 2. The minimum absolute atomic E-state index is 0.142. The van der Waals surface area contributed by atoms with Crippen molar-refractivity contribution in [3.8, 4) is 0 Å². The number of aliphatic carboxylic acids is 2. The molecule has 0 aliphatic heterocycles. The Labute approximate surface area is 219 Å². The number of unbranched alkanes of at least 4 members (excludes halogenated alkanes) is 9. The van der Waals surface area contributed by atoms with Crippen LogP contribution in [-0.2, 0) is 19.1 Å². The average Bonchev–Trinajstić information content (AvgIpc) is 3.69. The first kappa shape index (κ1) is 32.2. The zero-order chi connectivity index (χ0) is 26.6. The van der Waals surface area contributed by atoms with Crippen molar-refractivity contribution in [2.45, 2.75) is 129 Å². The van der Waals surface area contributed by atoms with Crippen LogP contribution in [0.4, 0.5) is 0 Å². The quantitative estimate of drug-likeness (QED) is 0.0781. The van der Waals surface area contributed by atoms with Gasteiger partial charge in [-0.1, -0.05) is 77.4 Å². The third-order valence-corrected chi connectivity index (χ3v) is 7.04. The molecular formula is C30H52O6. The molecule has 6 heteroatoms. The van der Waals surface area contributed by atoms with E-state index < -0.39 is 17.9 Å². The van der Waals surface area contributed by atoms with Crippen LogP contribution in [0.5, 0.6) is 0 Å². The Hall–Kier alpha value is -1.82. The lowest BCUT2D eigenvalue weighted by Gasteiger charge is -2.20. The lowest BCUT2D eigenvalue weighted by atomic mass is 9.84. The van der Waals surface area contributed by atoms with Crippen molar-refractivity contribution >= 4 is 11.9 Å². The first-order valence-corrected chi connectivity index (χ1v) is 14.4. The molecule has 0 bridgehead atoms. The molecule has 36 heavy (non-hydrogen) atoms. The number of methoxy groups -OCH3 is 1. The maximum atomic E-state index is 11.8. The lowest BCUT2D eigenvalue weighted by molar-refractivity contribution is -0.149. The van der Waals surface area contributed by atoms with E-state index in [9.17, 15) is 19.8 Å². The van der Waals surface area contributed by atoms with E-state index in [1.807, 2.05) is 6.08 Å². The van der Waals surface area contributed by atoms with Gasteiger partial charge in [0.25, 0.3) is 0 Å². The summed E-state index contributed by atoms with van der Waals surface area (Å²) in [7, 11) is 1.72. The molecule has 0 heterocycles. The molecule has 1 rings (SSSR count). The van der Waals surface area contributed by atoms with Crippen molar-refractivity contribution in [3.05, 3.63) is 23.5 Å². The number of rotatable bonds is 24. The maximum Gasteiger partial charge on any atom is 0.307 e. The van der Waals surface area contributed by atoms with E-state index in [2.05, 4.69) is 19.9 Å². The lowest BCUT2D eigenvalue weighted by Crippen LogP contribution is -2.25. The second-order valence-corrected chi connectivity index (χ2v) is 10.3. The summed E-state index contributed by atoms with van der Waals surface area (Å²) in [6, 6.07) is 0. The van der Waals surface area contributed by atoms with Crippen molar-refractivity contribution in [2.75, 3.05) is 13.7 Å². The number of carboxylic acid groups (broad SMARTS) is 2. The molecular weight excluding hydrogens is 456 g/mol. The zero-order valence-electron chi connectivity index (χ0n) is 23.1. The number of carbonyl (C=O) groups is 2. The molecule has 3 unspecified atom stereocenters. The Morgan fingerprint density at radius 3 is 2.22 bits per heavy atom. The van der Waals surface area contributed by atoms with Gasteiger partial charge in [-0.15, -0.1) is 0 Å². The van der Waals surface area contributed by atoms with E-state index in [1.54, 1.807) is 7.11 Å². The molecule has 0 aromatic heterocycles. The van der Waals surface area contributed by atoms with E-state index in [1.165, 1.54) is 43.4 Å². The van der Waals surface area contributed by atoms with Gasteiger partial charge in [0.15, 0.2) is 0 Å². The van der Waals surface area contributed by atoms with E-state index in [0.29, 0.717) is 6.61 Å². The summed E-state index contributed by atoms with van der Waals surface area (Å²) in [4.78, 5) is 23.0. The number of hydrogen-bond donors (Lipinski definition) is 2. The summed E-state index contributed by atoms with van der Waals surface area (Å²) in [5, 5.41) is 18.8. The predicted octanol–water partition coefficient (Wildman–Crippen LogP) is 7.92. The van der Waals surface area contributed by atoms with Gasteiger partial charge in [-0.2, -0.15) is 0 Å². The van der Waals surface area contributed by atoms with E-state index >= 15 is 0 Å². The highest BCUT2D eigenvalue weighted by Gasteiger charge is 2.28. The molecule has 0 saturated heterocycles. The minimum Gasteiger partial charge on any atom is -0.492 e. The second-order valence-electron chi connectivity index (χ2n) is 10.3. The smallest absolute Gasteiger partial charge is 0.307 e. The van der Waals surface area contributed by atoms with Crippen molar-refractivity contribution in [3.63, 3.8) is 0 Å². The first-order valence-electron chi connectivity index (χ1n) is 14.4. The highest BCUT2D eigenvalue weighted by atomic mass is 16.5. The molecule has 0 aromatic rings. The predicted molar refractivity (Wildman–Crippen MR) is 145 cm³/mol. The van der Waals surface area contributed by atoms with Crippen LogP contribution in [0.15, 0.2) is 23.5 Å². The van der Waals surface area contributed by atoms with Gasteiger partial charge in [0.05, 0.1) is 24.7 Å². The molecule has 1 aliphatic carbocycles. The largest absolute Gasteiger partial charge is 0.492 e. The zero-order valence-corrected chi connectivity index (χ0v) is 23.1. The van der Waals surface area contributed by atoms with Gasteiger partial charge in [0.1, 0.15) is 6.10 Å². The fourth-order valence-corrected chi connectivity index (χ4v) is 4.66. The molecule has 0 spiro atoms. The van der Waals surface area contributed by atoms with Crippen LogP contribution in [-0.4, -0.2) is 42.0 Å². The van der Waals surface area contributed by atoms with Crippen LogP contribution < -0.4 is 0 Å². The number of ether oxygens (including phenoxy) is 2. The Morgan fingerprint density at radius 2 is 1.61 bits per heavy atom. The molecule has 208 valence electrons. The standard InChI is InChI=1S/C30H52O6/c1-4-6-7-8-11-14-17-24(27(30(33)34)22-29(31)32)18-15-12-9-10-13-16-19-28(25-20-21-25)36-26(5-2)23-35-3/h15,18,24,26-27H,4-14,16-17,19-23H2,1-3H3,(H,31,32)(H,33,34)/b18-15+. The second kappa shape index (κ2) is 20.3. The molecule has 0 aromatic carbocycles. The number of allylic oxidation sites excluding steroid dienone is 4. The van der Waals surface area contributed by atoms with Crippen LogP contribution >= 0.6 is 0 Å². The first-order chi connectivity index (χ1) is 17.4. The Morgan fingerprint density at radius 1 is 0.944 bits per heavy atom. The maximum absolute atomic E-state index is 11.8. The number of hydrogen-bond acceptors (Lipinski definition) is 4. The Bertz CT molecular complexity index is 662. The van der Waals surface area contributed by atoms with Gasteiger partial charge in [-0.25, -0.2) is 0 Å². The SMILES string of the molecule is CCCCCCCCC(/C=C/CCCCCCC(OC(CC)COC)=C1CC1)C(CC(=O)O)C(=O)O. The summed E-state index contributed by atoms with van der Waals surface area (Å²) in [6.45, 7) is 4.95. The molecule has 1 saturated carbocycles. The molecule has 6 nitrogen and oxygen atoms in total.